The third kappa shape index (κ3) is 5.63. The second kappa shape index (κ2) is 10.8. The highest BCUT2D eigenvalue weighted by Crippen LogP contribution is 2.52. The van der Waals surface area contributed by atoms with Crippen LogP contribution in [-0.2, 0) is 19.9 Å². The van der Waals surface area contributed by atoms with Gasteiger partial charge in [0.05, 0.1) is 5.60 Å². The van der Waals surface area contributed by atoms with Gasteiger partial charge in [0.25, 0.3) is 11.5 Å². The summed E-state index contributed by atoms with van der Waals surface area (Å²) in [6.07, 6.45) is -4.13. The molecule has 2 heterocycles. The Labute approximate surface area is 226 Å². The molecule has 2 atom stereocenters. The molecule has 2 fully saturated rings. The zero-order chi connectivity index (χ0) is 28.5. The topological polar surface area (TPSA) is 88.1 Å². The summed E-state index contributed by atoms with van der Waals surface area (Å²) in [5, 5.41) is 13.1. The average Bonchev–Trinajstić information content (AvgIpc) is 2.88. The van der Waals surface area contributed by atoms with E-state index in [0.717, 1.165) is 12.7 Å². The number of likely N-dealkylation sites (tertiary alicyclic amines) is 1. The fourth-order valence-corrected chi connectivity index (χ4v) is 5.84. The van der Waals surface area contributed by atoms with Crippen molar-refractivity contribution in [2.75, 3.05) is 33.4 Å². The molecular formula is C29H35F3N2O5. The monoisotopic (exact) mass is 548 g/mol. The first-order chi connectivity index (χ1) is 18.3. The van der Waals surface area contributed by atoms with Crippen molar-refractivity contribution in [2.24, 2.45) is 5.41 Å². The fraction of sp³-hybridized carbons (Fsp3) is 0.517. The lowest BCUT2D eigenvalue weighted by molar-refractivity contribution is -0.271. The number of hydrogen-bond donors (Lipinski definition) is 2. The number of benzene rings is 2. The number of hydrogen-bond acceptors (Lipinski definition) is 5. The fourth-order valence-electron chi connectivity index (χ4n) is 5.84. The van der Waals surface area contributed by atoms with Crippen molar-refractivity contribution in [3.63, 3.8) is 0 Å². The van der Waals surface area contributed by atoms with Gasteiger partial charge in [0.1, 0.15) is 12.4 Å². The second-order valence-corrected chi connectivity index (χ2v) is 11.1. The smallest absolute Gasteiger partial charge is 0.430 e. The van der Waals surface area contributed by atoms with Crippen molar-refractivity contribution in [1.82, 2.24) is 10.2 Å². The number of carbonyl (C=O) groups is 2. The van der Waals surface area contributed by atoms with E-state index in [1.807, 2.05) is 18.2 Å². The Morgan fingerprint density at radius 1 is 1.08 bits per heavy atom. The van der Waals surface area contributed by atoms with E-state index < -0.39 is 28.7 Å². The van der Waals surface area contributed by atoms with E-state index in [1.165, 1.54) is 29.2 Å². The summed E-state index contributed by atoms with van der Waals surface area (Å²) in [5.74, 6) is -0.899. The number of rotatable bonds is 7. The molecule has 0 radical (unpaired) electrons. The van der Waals surface area contributed by atoms with Crippen molar-refractivity contribution in [3.8, 4) is 5.75 Å². The average molecular weight is 549 g/mol. The van der Waals surface area contributed by atoms with Crippen LogP contribution in [0.2, 0.25) is 0 Å². The number of piperidine rings is 2. The van der Waals surface area contributed by atoms with Gasteiger partial charge in [-0.15, -0.1) is 0 Å². The lowest BCUT2D eigenvalue weighted by Gasteiger charge is -2.50. The molecule has 212 valence electrons. The van der Waals surface area contributed by atoms with E-state index in [0.29, 0.717) is 25.1 Å². The first-order valence-electron chi connectivity index (χ1n) is 13.0. The molecule has 2 aromatic carbocycles. The van der Waals surface area contributed by atoms with E-state index in [2.05, 4.69) is 5.32 Å². The van der Waals surface area contributed by atoms with E-state index in [-0.39, 0.29) is 43.5 Å². The Bertz CT molecular complexity index is 1170. The number of nitrogens with zero attached hydrogens (tertiary/aromatic N) is 1. The second-order valence-electron chi connectivity index (χ2n) is 11.1. The van der Waals surface area contributed by atoms with Crippen molar-refractivity contribution >= 4 is 11.8 Å². The van der Waals surface area contributed by atoms with Crippen LogP contribution in [0.15, 0.2) is 54.6 Å². The number of nitrogens with one attached hydrogen (secondary N) is 1. The summed E-state index contributed by atoms with van der Waals surface area (Å²) >= 11 is 0. The van der Waals surface area contributed by atoms with Crippen molar-refractivity contribution in [2.45, 2.75) is 56.4 Å². The third-order valence-electron chi connectivity index (χ3n) is 7.86. The van der Waals surface area contributed by atoms with Crippen LogP contribution in [0.5, 0.6) is 5.75 Å². The molecule has 1 unspecified atom stereocenters. The molecule has 1 spiro atoms. The summed E-state index contributed by atoms with van der Waals surface area (Å²) in [5.41, 5.74) is -4.18. The summed E-state index contributed by atoms with van der Waals surface area (Å²) in [6, 6.07) is 14.3. The zero-order valence-electron chi connectivity index (χ0n) is 22.4. The normalized spacial score (nSPS) is 21.3. The van der Waals surface area contributed by atoms with Gasteiger partial charge in [0.15, 0.2) is 0 Å². The van der Waals surface area contributed by atoms with Gasteiger partial charge in [-0.05, 0) is 43.7 Å². The first-order valence-corrected chi connectivity index (χ1v) is 13.0. The predicted octanol–water partition coefficient (Wildman–Crippen LogP) is 4.15. The molecule has 4 rings (SSSR count). The number of para-hydroxylation sites is 1. The number of ether oxygens (including phenoxy) is 2. The predicted molar refractivity (Wildman–Crippen MR) is 138 cm³/mol. The van der Waals surface area contributed by atoms with Crippen LogP contribution in [0.3, 0.4) is 0 Å². The minimum Gasteiger partial charge on any atom is -0.490 e. The summed E-state index contributed by atoms with van der Waals surface area (Å²) < 4.78 is 54.4. The van der Waals surface area contributed by atoms with E-state index in [9.17, 15) is 27.9 Å². The van der Waals surface area contributed by atoms with Gasteiger partial charge in [0, 0.05) is 44.6 Å². The van der Waals surface area contributed by atoms with Crippen LogP contribution in [0.1, 0.15) is 50.2 Å². The number of amides is 2. The lowest BCUT2D eigenvalue weighted by atomic mass is 9.62. The number of aliphatic hydroxyl groups is 1. The highest BCUT2D eigenvalue weighted by atomic mass is 19.4. The minimum absolute atomic E-state index is 0.0450. The van der Waals surface area contributed by atoms with Crippen molar-refractivity contribution in [3.05, 3.63) is 65.7 Å². The highest BCUT2D eigenvalue weighted by Gasteiger charge is 2.64. The van der Waals surface area contributed by atoms with E-state index in [4.69, 9.17) is 9.47 Å². The molecule has 7 nitrogen and oxygen atoms in total. The maximum atomic E-state index is 14.5. The maximum absolute atomic E-state index is 14.5. The number of methoxy groups -OCH3 is 1. The number of alkyl halides is 3. The molecule has 0 aromatic heterocycles. The molecule has 0 bridgehead atoms. The molecule has 2 aliphatic rings. The summed E-state index contributed by atoms with van der Waals surface area (Å²) in [7, 11) is 0.899. The minimum atomic E-state index is -4.99. The van der Waals surface area contributed by atoms with E-state index >= 15 is 0 Å². The summed E-state index contributed by atoms with van der Waals surface area (Å²) in [6.45, 7) is 3.77. The van der Waals surface area contributed by atoms with Crippen LogP contribution in [-0.4, -0.2) is 66.9 Å². The van der Waals surface area contributed by atoms with Gasteiger partial charge in [-0.25, -0.2) is 0 Å². The molecular weight excluding hydrogens is 513 g/mol. The van der Waals surface area contributed by atoms with Gasteiger partial charge in [-0.2, -0.15) is 13.2 Å². The molecule has 2 aromatic rings. The Kier molecular flexibility index (Phi) is 8.01. The van der Waals surface area contributed by atoms with Gasteiger partial charge in [-0.3, -0.25) is 9.59 Å². The number of halogens is 3. The van der Waals surface area contributed by atoms with Crippen LogP contribution in [0, 0.1) is 5.41 Å². The molecule has 0 aliphatic carbocycles. The van der Waals surface area contributed by atoms with Gasteiger partial charge < -0.3 is 24.8 Å². The van der Waals surface area contributed by atoms with Gasteiger partial charge in [-0.1, -0.05) is 48.5 Å². The van der Waals surface area contributed by atoms with Crippen LogP contribution >= 0.6 is 0 Å². The molecule has 2 amide bonds. The quantitative estimate of drug-likeness (QED) is 0.543. The molecule has 10 heteroatoms. The third-order valence-corrected chi connectivity index (χ3v) is 7.86. The zero-order valence-corrected chi connectivity index (χ0v) is 22.4. The van der Waals surface area contributed by atoms with Crippen molar-refractivity contribution in [1.29, 1.82) is 0 Å². The Hall–Kier alpha value is -3.11. The van der Waals surface area contributed by atoms with Crippen LogP contribution in [0.4, 0.5) is 13.2 Å². The standard InChI is InChI=1S/C29H35F3N2O5/c1-26(2,37)19-39-23-12-8-7-11-21(23)22-18-33-24(35)17-27(22)13-15-34(16-14-27)25(36)28(38-3,29(30,31)32)20-9-5-4-6-10-20/h4-12,22,37H,13-19H2,1-3H3,(H,33,35)/t22?,28-/m1/s1. The molecule has 2 saturated heterocycles. The number of carbonyl (C=O) groups excluding carboxylic acids is 2. The Balaban J connectivity index is 1.62. The summed E-state index contributed by atoms with van der Waals surface area (Å²) in [4.78, 5) is 27.3. The highest BCUT2D eigenvalue weighted by molar-refractivity contribution is 5.88. The SMILES string of the molecule is CO[C@@](C(=O)N1CCC2(CC1)CC(=O)NCC2c1ccccc1OCC(C)(C)O)(c1ccccc1)C(F)(F)F. The molecule has 2 N–H and O–H groups in total. The Morgan fingerprint density at radius 3 is 2.28 bits per heavy atom. The molecule has 0 saturated carbocycles. The largest absolute Gasteiger partial charge is 0.490 e. The van der Waals surface area contributed by atoms with Gasteiger partial charge in [0.2, 0.25) is 5.91 Å². The maximum Gasteiger partial charge on any atom is 0.430 e. The first kappa shape index (κ1) is 28.9. The van der Waals surface area contributed by atoms with Crippen LogP contribution < -0.4 is 10.1 Å². The molecule has 2 aliphatic heterocycles. The molecule has 39 heavy (non-hydrogen) atoms. The Morgan fingerprint density at radius 2 is 1.69 bits per heavy atom. The van der Waals surface area contributed by atoms with Gasteiger partial charge >= 0.3 is 6.18 Å². The van der Waals surface area contributed by atoms with E-state index in [1.54, 1.807) is 26.0 Å². The lowest BCUT2D eigenvalue weighted by Crippen LogP contribution is -2.60. The van der Waals surface area contributed by atoms with Crippen molar-refractivity contribution < 1.29 is 37.3 Å². The van der Waals surface area contributed by atoms with Crippen LogP contribution in [0.25, 0.3) is 0 Å².